The Balaban J connectivity index is 1.14. The lowest BCUT2D eigenvalue weighted by molar-refractivity contribution is 0.0882. The van der Waals surface area contributed by atoms with Crippen LogP contribution in [0.4, 0.5) is 4.79 Å². The summed E-state index contributed by atoms with van der Waals surface area (Å²) in [5.74, 6) is 1.07. The molecule has 152 valence electrons. The van der Waals surface area contributed by atoms with Gasteiger partial charge in [0.2, 0.25) is 0 Å². The molecule has 1 atom stereocenters. The molecule has 3 heterocycles. The van der Waals surface area contributed by atoms with Gasteiger partial charge in [0.1, 0.15) is 0 Å². The Morgan fingerprint density at radius 1 is 1.25 bits per heavy atom. The lowest BCUT2D eigenvalue weighted by Crippen LogP contribution is -2.44. The number of aromatic nitrogens is 1. The highest BCUT2D eigenvalue weighted by molar-refractivity contribution is 5.83. The van der Waals surface area contributed by atoms with Crippen LogP contribution in [0.25, 0.3) is 10.9 Å². The molecule has 2 saturated heterocycles. The third-order valence-corrected chi connectivity index (χ3v) is 5.96. The molecule has 2 aliphatic heterocycles. The van der Waals surface area contributed by atoms with Gasteiger partial charge in [0.05, 0.1) is 13.2 Å². The first-order chi connectivity index (χ1) is 13.8. The van der Waals surface area contributed by atoms with Crippen LogP contribution in [0.3, 0.4) is 0 Å². The molecule has 6 nitrogen and oxygen atoms in total. The van der Waals surface area contributed by atoms with E-state index in [1.165, 1.54) is 16.5 Å². The molecule has 6 heteroatoms. The predicted molar refractivity (Wildman–Crippen MR) is 110 cm³/mol. The van der Waals surface area contributed by atoms with Crippen molar-refractivity contribution in [3.8, 4) is 0 Å². The third kappa shape index (κ3) is 4.67. The fraction of sp³-hybridized carbons (Fsp3) is 0.591. The van der Waals surface area contributed by atoms with Crippen LogP contribution < -0.4 is 5.32 Å². The number of nitrogens with zero attached hydrogens (tertiary/aromatic N) is 1. The van der Waals surface area contributed by atoms with Gasteiger partial charge in [-0.05, 0) is 43.2 Å². The molecule has 1 aromatic heterocycles. The number of para-hydroxylation sites is 1. The van der Waals surface area contributed by atoms with Crippen LogP contribution >= 0.6 is 0 Å². The molecule has 2 fully saturated rings. The average molecular weight is 386 g/mol. The molecule has 1 unspecified atom stereocenters. The Morgan fingerprint density at radius 3 is 2.93 bits per heavy atom. The Hall–Kier alpha value is -2.05. The fourth-order valence-electron chi connectivity index (χ4n) is 4.27. The average Bonchev–Trinajstić information content (AvgIpc) is 3.40. The van der Waals surface area contributed by atoms with E-state index in [0.717, 1.165) is 58.6 Å². The van der Waals surface area contributed by atoms with Gasteiger partial charge in [0.15, 0.2) is 0 Å². The molecule has 2 aromatic rings. The summed E-state index contributed by atoms with van der Waals surface area (Å²) in [5, 5.41) is 4.35. The van der Waals surface area contributed by atoms with E-state index >= 15 is 0 Å². The summed E-state index contributed by atoms with van der Waals surface area (Å²) in [6, 6.07) is 8.51. The highest BCUT2D eigenvalue weighted by Crippen LogP contribution is 2.33. The van der Waals surface area contributed by atoms with Crippen molar-refractivity contribution in [1.29, 1.82) is 0 Å². The number of hydrogen-bond acceptors (Lipinski definition) is 3. The van der Waals surface area contributed by atoms with Gasteiger partial charge in [-0.25, -0.2) is 4.79 Å². The first-order valence-corrected chi connectivity index (χ1v) is 10.6. The van der Waals surface area contributed by atoms with Crippen LogP contribution in [0.2, 0.25) is 0 Å². The predicted octanol–water partition coefficient (Wildman–Crippen LogP) is 3.50. The van der Waals surface area contributed by atoms with Gasteiger partial charge in [0.25, 0.3) is 0 Å². The zero-order valence-corrected chi connectivity index (χ0v) is 16.5. The van der Waals surface area contributed by atoms with Gasteiger partial charge in [0, 0.05) is 55.9 Å². The Bertz CT molecular complexity index is 761. The number of nitrogens with one attached hydrogen (secondary N) is 2. The molecule has 0 spiro atoms. The smallest absolute Gasteiger partial charge is 0.317 e. The van der Waals surface area contributed by atoms with E-state index in [4.69, 9.17) is 9.47 Å². The highest BCUT2D eigenvalue weighted by atomic mass is 16.5. The molecule has 0 bridgehead atoms. The van der Waals surface area contributed by atoms with Crippen LogP contribution in [0.5, 0.6) is 0 Å². The minimum atomic E-state index is 0.0570. The number of H-pyrrole nitrogens is 1. The van der Waals surface area contributed by atoms with Crippen molar-refractivity contribution in [3.63, 3.8) is 0 Å². The molecule has 0 saturated carbocycles. The van der Waals surface area contributed by atoms with Crippen LogP contribution in [0, 0.1) is 5.92 Å². The van der Waals surface area contributed by atoms with E-state index in [1.54, 1.807) is 0 Å². The van der Waals surface area contributed by atoms with Crippen LogP contribution in [0.1, 0.15) is 37.2 Å². The molecular weight excluding hydrogens is 354 g/mol. The van der Waals surface area contributed by atoms with Crippen molar-refractivity contribution in [3.05, 3.63) is 36.0 Å². The van der Waals surface area contributed by atoms with Crippen molar-refractivity contribution in [2.45, 2.75) is 31.6 Å². The second-order valence-corrected chi connectivity index (χ2v) is 7.94. The van der Waals surface area contributed by atoms with Gasteiger partial charge in [-0.2, -0.15) is 0 Å². The van der Waals surface area contributed by atoms with Gasteiger partial charge in [-0.3, -0.25) is 0 Å². The summed E-state index contributed by atoms with van der Waals surface area (Å²) >= 11 is 0. The van der Waals surface area contributed by atoms with Crippen molar-refractivity contribution in [2.75, 3.05) is 46.1 Å². The number of aromatic amines is 1. The maximum Gasteiger partial charge on any atom is 0.317 e. The Kier molecular flexibility index (Phi) is 6.49. The number of urea groups is 1. The molecule has 2 amide bonds. The minimum Gasteiger partial charge on any atom is -0.381 e. The van der Waals surface area contributed by atoms with Crippen molar-refractivity contribution >= 4 is 16.9 Å². The van der Waals surface area contributed by atoms with E-state index in [0.29, 0.717) is 25.0 Å². The Labute approximate surface area is 166 Å². The van der Waals surface area contributed by atoms with E-state index in [9.17, 15) is 4.79 Å². The number of amides is 2. The van der Waals surface area contributed by atoms with Crippen molar-refractivity contribution in [2.24, 2.45) is 5.92 Å². The van der Waals surface area contributed by atoms with E-state index < -0.39 is 0 Å². The summed E-state index contributed by atoms with van der Waals surface area (Å²) in [7, 11) is 0. The summed E-state index contributed by atoms with van der Waals surface area (Å²) in [6.45, 7) is 5.45. The number of hydrogen-bond donors (Lipinski definition) is 2. The number of fused-ring (bicyclic) bond motifs is 1. The molecule has 1 aromatic carbocycles. The zero-order valence-electron chi connectivity index (χ0n) is 16.5. The monoisotopic (exact) mass is 385 g/mol. The fourth-order valence-corrected chi connectivity index (χ4v) is 4.27. The number of piperidine rings is 1. The second-order valence-electron chi connectivity index (χ2n) is 7.94. The number of likely N-dealkylation sites (tertiary alicyclic amines) is 1. The number of rotatable bonds is 7. The highest BCUT2D eigenvalue weighted by Gasteiger charge is 2.25. The summed E-state index contributed by atoms with van der Waals surface area (Å²) in [4.78, 5) is 17.7. The standard InChI is InChI=1S/C22H31N3O3/c26-22(23-9-3-12-27-15-17-8-13-28-16-17)25-10-6-18(7-11-25)20-14-24-21-5-2-1-4-19(20)21/h1-2,4-5,14,17-18,24H,3,6-13,15-16H2,(H,23,26). The maximum atomic E-state index is 12.4. The second kappa shape index (κ2) is 9.43. The Morgan fingerprint density at radius 2 is 2.11 bits per heavy atom. The topological polar surface area (TPSA) is 66.6 Å². The van der Waals surface area contributed by atoms with E-state index in [1.807, 2.05) is 4.90 Å². The van der Waals surface area contributed by atoms with E-state index in [-0.39, 0.29) is 6.03 Å². The number of carbonyl (C=O) groups is 1. The van der Waals surface area contributed by atoms with Gasteiger partial charge >= 0.3 is 6.03 Å². The summed E-state index contributed by atoms with van der Waals surface area (Å²) in [5.41, 5.74) is 2.58. The lowest BCUT2D eigenvalue weighted by atomic mass is 9.89. The molecule has 4 rings (SSSR count). The molecule has 2 N–H and O–H groups in total. The van der Waals surface area contributed by atoms with Crippen LogP contribution in [-0.2, 0) is 9.47 Å². The SMILES string of the molecule is O=C(NCCCOCC1CCOC1)N1CCC(c2c[nH]c3ccccc23)CC1. The van der Waals surface area contributed by atoms with Gasteiger partial charge in [-0.1, -0.05) is 18.2 Å². The maximum absolute atomic E-state index is 12.4. The summed E-state index contributed by atoms with van der Waals surface area (Å²) < 4.78 is 11.0. The quantitative estimate of drug-likeness (QED) is 0.717. The molecular formula is C22H31N3O3. The van der Waals surface area contributed by atoms with E-state index in [2.05, 4.69) is 40.8 Å². The normalized spacial score (nSPS) is 20.7. The van der Waals surface area contributed by atoms with Crippen molar-refractivity contribution < 1.29 is 14.3 Å². The lowest BCUT2D eigenvalue weighted by Gasteiger charge is -2.32. The summed E-state index contributed by atoms with van der Waals surface area (Å²) in [6.07, 6.45) is 6.13. The van der Waals surface area contributed by atoms with Gasteiger partial charge in [-0.15, -0.1) is 0 Å². The number of carbonyl (C=O) groups excluding carboxylic acids is 1. The van der Waals surface area contributed by atoms with Crippen molar-refractivity contribution in [1.82, 2.24) is 15.2 Å². The molecule has 0 aliphatic carbocycles. The third-order valence-electron chi connectivity index (χ3n) is 5.96. The molecule has 0 radical (unpaired) electrons. The first kappa shape index (κ1) is 19.3. The number of ether oxygens (including phenoxy) is 2. The largest absolute Gasteiger partial charge is 0.381 e. The van der Waals surface area contributed by atoms with Crippen LogP contribution in [-0.4, -0.2) is 62.0 Å². The zero-order chi connectivity index (χ0) is 19.2. The first-order valence-electron chi connectivity index (χ1n) is 10.6. The van der Waals surface area contributed by atoms with Crippen LogP contribution in [0.15, 0.2) is 30.5 Å². The molecule has 28 heavy (non-hydrogen) atoms. The number of benzene rings is 1. The van der Waals surface area contributed by atoms with Gasteiger partial charge < -0.3 is 24.7 Å². The molecule has 2 aliphatic rings. The minimum absolute atomic E-state index is 0.0570.